The lowest BCUT2D eigenvalue weighted by Crippen LogP contribution is -2.18. The molecule has 0 saturated carbocycles. The van der Waals surface area contributed by atoms with Crippen molar-refractivity contribution in [3.8, 4) is 11.6 Å². The molecule has 1 aromatic carbocycles. The smallest absolute Gasteiger partial charge is 0.241 e. The normalized spacial score (nSPS) is 11.4. The Morgan fingerprint density at radius 1 is 1.38 bits per heavy atom. The molecule has 21 heavy (non-hydrogen) atoms. The van der Waals surface area contributed by atoms with Crippen LogP contribution in [0, 0.1) is 5.82 Å². The average Bonchev–Trinajstić information content (AvgIpc) is 2.43. The fraction of sp³-hybridized carbons (Fsp3) is 0.0833. The van der Waals surface area contributed by atoms with Gasteiger partial charge in [0.25, 0.3) is 0 Å². The van der Waals surface area contributed by atoms with Gasteiger partial charge in [-0.3, -0.25) is 0 Å². The van der Waals surface area contributed by atoms with Crippen LogP contribution in [0.4, 0.5) is 4.39 Å². The molecule has 5 nitrogen and oxygen atoms in total. The molecule has 1 aromatic heterocycles. The summed E-state index contributed by atoms with van der Waals surface area (Å²) in [6, 6.07) is 4.98. The first-order valence-corrected chi connectivity index (χ1v) is 8.21. The van der Waals surface area contributed by atoms with Gasteiger partial charge in [0.2, 0.25) is 15.9 Å². The third-order valence-electron chi connectivity index (χ3n) is 2.46. The summed E-state index contributed by atoms with van der Waals surface area (Å²) >= 11 is 9.01. The van der Waals surface area contributed by atoms with E-state index >= 15 is 0 Å². The first-order chi connectivity index (χ1) is 9.83. The number of rotatable bonds is 4. The molecule has 1 N–H and O–H groups in total. The van der Waals surface area contributed by atoms with Crippen LogP contribution in [0.15, 0.2) is 39.8 Å². The van der Waals surface area contributed by atoms with E-state index < -0.39 is 15.8 Å². The number of ether oxygens (including phenoxy) is 1. The zero-order valence-corrected chi connectivity index (χ0v) is 13.8. The van der Waals surface area contributed by atoms with E-state index in [4.69, 9.17) is 16.3 Å². The van der Waals surface area contributed by atoms with Crippen LogP contribution in [-0.2, 0) is 10.0 Å². The molecule has 0 aliphatic carbocycles. The number of benzene rings is 1. The molecule has 0 radical (unpaired) electrons. The second kappa shape index (κ2) is 6.27. The van der Waals surface area contributed by atoms with E-state index in [0.29, 0.717) is 4.47 Å². The van der Waals surface area contributed by atoms with Gasteiger partial charge in [-0.05, 0) is 47.2 Å². The first-order valence-electron chi connectivity index (χ1n) is 5.55. The van der Waals surface area contributed by atoms with Crippen LogP contribution in [0.5, 0.6) is 11.6 Å². The molecule has 0 spiro atoms. The molecule has 2 rings (SSSR count). The highest BCUT2D eigenvalue weighted by Gasteiger charge is 2.16. The molecule has 0 amide bonds. The maximum atomic E-state index is 13.0. The Hall–Kier alpha value is -1.22. The van der Waals surface area contributed by atoms with Crippen molar-refractivity contribution in [1.82, 2.24) is 9.71 Å². The quantitative estimate of drug-likeness (QED) is 0.862. The summed E-state index contributed by atoms with van der Waals surface area (Å²) in [5.41, 5.74) is 0. The Kier molecular flexibility index (Phi) is 4.82. The van der Waals surface area contributed by atoms with Gasteiger partial charge in [0.15, 0.2) is 0 Å². The van der Waals surface area contributed by atoms with Crippen molar-refractivity contribution < 1.29 is 17.5 Å². The maximum Gasteiger partial charge on any atom is 0.241 e. The van der Waals surface area contributed by atoms with E-state index in [2.05, 4.69) is 25.6 Å². The number of hydrogen-bond donors (Lipinski definition) is 1. The summed E-state index contributed by atoms with van der Waals surface area (Å²) in [6.07, 6.45) is 1.14. The number of pyridine rings is 1. The van der Waals surface area contributed by atoms with Crippen molar-refractivity contribution in [1.29, 1.82) is 0 Å². The lowest BCUT2D eigenvalue weighted by Gasteiger charge is -2.09. The Morgan fingerprint density at radius 3 is 2.67 bits per heavy atom. The van der Waals surface area contributed by atoms with E-state index in [1.165, 1.54) is 25.2 Å². The highest BCUT2D eigenvalue weighted by Crippen LogP contribution is 2.33. The molecule has 0 aliphatic rings. The van der Waals surface area contributed by atoms with Crippen molar-refractivity contribution in [3.63, 3.8) is 0 Å². The average molecular weight is 396 g/mol. The summed E-state index contributed by atoms with van der Waals surface area (Å²) in [7, 11) is -2.30. The number of sulfonamides is 1. The zero-order chi connectivity index (χ0) is 15.6. The molecule has 0 bridgehead atoms. The van der Waals surface area contributed by atoms with Gasteiger partial charge in [-0.2, -0.15) is 0 Å². The van der Waals surface area contributed by atoms with Gasteiger partial charge < -0.3 is 4.74 Å². The monoisotopic (exact) mass is 394 g/mol. The minimum absolute atomic E-state index is 0.0190. The van der Waals surface area contributed by atoms with Crippen LogP contribution in [0.2, 0.25) is 5.02 Å². The summed E-state index contributed by atoms with van der Waals surface area (Å²) < 4.78 is 44.1. The predicted octanol–water partition coefficient (Wildman–Crippen LogP) is 3.34. The molecule has 0 atom stereocenters. The van der Waals surface area contributed by atoms with Crippen molar-refractivity contribution in [2.75, 3.05) is 7.05 Å². The summed E-state index contributed by atoms with van der Waals surface area (Å²) in [5.74, 6) is -0.177. The third kappa shape index (κ3) is 3.70. The molecule has 0 unspecified atom stereocenters. The van der Waals surface area contributed by atoms with Crippen LogP contribution in [0.25, 0.3) is 0 Å². The van der Waals surface area contributed by atoms with E-state index in [1.807, 2.05) is 0 Å². The topological polar surface area (TPSA) is 68.3 Å². The van der Waals surface area contributed by atoms with Crippen molar-refractivity contribution in [2.24, 2.45) is 0 Å². The highest BCUT2D eigenvalue weighted by atomic mass is 79.9. The molecule has 0 saturated heterocycles. The Balaban J connectivity index is 2.34. The van der Waals surface area contributed by atoms with E-state index in [1.54, 1.807) is 0 Å². The SMILES string of the molecule is CNS(=O)(=O)c1cnc(Oc2ccc(F)cc2Cl)c(Br)c1. The standard InChI is InChI=1S/C12H9BrClFN2O3S/c1-16-21(18,19)8-5-9(13)12(17-6-8)20-11-3-2-7(15)4-10(11)14/h2-6,16H,1H3. The van der Waals surface area contributed by atoms with E-state index in [9.17, 15) is 12.8 Å². The van der Waals surface area contributed by atoms with E-state index in [0.717, 1.165) is 12.3 Å². The molecule has 1 heterocycles. The maximum absolute atomic E-state index is 13.0. The number of nitrogens with one attached hydrogen (secondary N) is 1. The predicted molar refractivity (Wildman–Crippen MR) is 79.7 cm³/mol. The Morgan fingerprint density at radius 2 is 2.10 bits per heavy atom. The Labute approximate surface area is 134 Å². The molecular weight excluding hydrogens is 387 g/mol. The fourth-order valence-electron chi connectivity index (χ4n) is 1.41. The summed E-state index contributed by atoms with van der Waals surface area (Å²) in [4.78, 5) is 3.89. The van der Waals surface area contributed by atoms with Crippen molar-refractivity contribution in [2.45, 2.75) is 4.90 Å². The molecule has 0 aliphatic heterocycles. The lowest BCUT2D eigenvalue weighted by molar-refractivity contribution is 0.457. The van der Waals surface area contributed by atoms with Gasteiger partial charge in [-0.25, -0.2) is 22.5 Å². The largest absolute Gasteiger partial charge is 0.436 e. The van der Waals surface area contributed by atoms with Crippen LogP contribution >= 0.6 is 27.5 Å². The number of hydrogen-bond acceptors (Lipinski definition) is 4. The van der Waals surface area contributed by atoms with Crippen LogP contribution in [0.1, 0.15) is 0 Å². The van der Waals surface area contributed by atoms with Crippen LogP contribution in [-0.4, -0.2) is 20.4 Å². The second-order valence-electron chi connectivity index (χ2n) is 3.84. The van der Waals surface area contributed by atoms with Gasteiger partial charge >= 0.3 is 0 Å². The minimum atomic E-state index is -3.60. The summed E-state index contributed by atoms with van der Waals surface area (Å²) in [6.45, 7) is 0. The van der Waals surface area contributed by atoms with Crippen LogP contribution < -0.4 is 9.46 Å². The molecule has 9 heteroatoms. The highest BCUT2D eigenvalue weighted by molar-refractivity contribution is 9.10. The number of halogens is 3. The van der Waals surface area contributed by atoms with E-state index in [-0.39, 0.29) is 21.5 Å². The minimum Gasteiger partial charge on any atom is -0.436 e. The second-order valence-corrected chi connectivity index (χ2v) is 6.99. The molecular formula is C12H9BrClFN2O3S. The van der Waals surface area contributed by atoms with Gasteiger partial charge in [0.05, 0.1) is 15.7 Å². The zero-order valence-electron chi connectivity index (χ0n) is 10.6. The number of nitrogens with zero attached hydrogens (tertiary/aromatic N) is 1. The molecule has 112 valence electrons. The first kappa shape index (κ1) is 16.2. The third-order valence-corrected chi connectivity index (χ3v) is 4.71. The van der Waals surface area contributed by atoms with Crippen molar-refractivity contribution >= 4 is 37.6 Å². The fourth-order valence-corrected chi connectivity index (χ4v) is 2.90. The molecule has 2 aromatic rings. The van der Waals surface area contributed by atoms with Gasteiger partial charge in [-0.15, -0.1) is 0 Å². The summed E-state index contributed by atoms with van der Waals surface area (Å²) in [5, 5.41) is 0.0793. The number of aromatic nitrogens is 1. The van der Waals surface area contributed by atoms with Crippen LogP contribution in [0.3, 0.4) is 0 Å². The van der Waals surface area contributed by atoms with Gasteiger partial charge in [-0.1, -0.05) is 11.6 Å². The van der Waals surface area contributed by atoms with Gasteiger partial charge in [0, 0.05) is 0 Å². The Bertz CT molecular complexity index is 786. The van der Waals surface area contributed by atoms with Crippen molar-refractivity contribution in [3.05, 3.63) is 45.8 Å². The lowest BCUT2D eigenvalue weighted by atomic mass is 10.3. The van der Waals surface area contributed by atoms with Gasteiger partial charge in [0.1, 0.15) is 16.5 Å². The molecule has 0 fully saturated rings.